The molecule has 0 aromatic heterocycles. The van der Waals surface area contributed by atoms with Crippen LogP contribution >= 0.6 is 0 Å². The molecule has 2 aromatic carbocycles. The van der Waals surface area contributed by atoms with Crippen molar-refractivity contribution in [2.24, 2.45) is 10.8 Å². The molecule has 0 radical (unpaired) electrons. The molecule has 0 spiro atoms. The fourth-order valence-electron chi connectivity index (χ4n) is 6.19. The maximum Gasteiger partial charge on any atom is 0.0651 e. The topological polar surface area (TPSA) is 0 Å². The molecule has 0 bridgehead atoms. The Morgan fingerprint density at radius 2 is 0.968 bits per heavy atom. The van der Waals surface area contributed by atoms with Crippen LogP contribution in [0.2, 0.25) is 0 Å². The quantitative estimate of drug-likeness (QED) is 0.468. The Hall–Kier alpha value is -2.60. The zero-order chi connectivity index (χ0) is 22.0. The number of hydrogen-bond acceptors (Lipinski definition) is 0. The maximum atomic E-state index is 2.40. The average molecular weight is 407 g/mol. The van der Waals surface area contributed by atoms with Crippen LogP contribution in [0.3, 0.4) is 0 Å². The van der Waals surface area contributed by atoms with E-state index in [1.807, 2.05) is 0 Å². The van der Waals surface area contributed by atoms with E-state index >= 15 is 0 Å². The number of hydrogen-bond donors (Lipinski definition) is 0. The molecule has 3 aliphatic rings. The summed E-state index contributed by atoms with van der Waals surface area (Å²) in [7, 11) is 0. The zero-order valence-electron chi connectivity index (χ0n) is 19.8. The van der Waals surface area contributed by atoms with Gasteiger partial charge >= 0.3 is 0 Å². The molecular weight excluding hydrogens is 372 g/mol. The van der Waals surface area contributed by atoms with Crippen LogP contribution < -0.4 is 0 Å². The van der Waals surface area contributed by atoms with E-state index in [0.717, 1.165) is 12.8 Å². The van der Waals surface area contributed by atoms with Crippen molar-refractivity contribution in [1.29, 1.82) is 0 Å². The first-order chi connectivity index (χ1) is 14.7. The fourth-order valence-corrected chi connectivity index (χ4v) is 6.19. The largest absolute Gasteiger partial charge is 0.0801 e. The molecule has 0 atom stereocenters. The van der Waals surface area contributed by atoms with E-state index in [0.29, 0.717) is 0 Å². The van der Waals surface area contributed by atoms with Crippen molar-refractivity contribution < 1.29 is 0 Å². The van der Waals surface area contributed by atoms with Gasteiger partial charge in [-0.05, 0) is 68.2 Å². The van der Waals surface area contributed by atoms with E-state index < -0.39 is 0 Å². The third-order valence-electron chi connectivity index (χ3n) is 7.34. The van der Waals surface area contributed by atoms with E-state index in [9.17, 15) is 0 Å². The monoisotopic (exact) mass is 406 g/mol. The molecular formula is C31H34. The van der Waals surface area contributed by atoms with E-state index in [1.165, 1.54) is 33.4 Å². The molecule has 3 aliphatic carbocycles. The molecule has 0 amide bonds. The lowest BCUT2D eigenvalue weighted by molar-refractivity contribution is 0.490. The van der Waals surface area contributed by atoms with Gasteiger partial charge in [-0.15, -0.1) is 0 Å². The van der Waals surface area contributed by atoms with Crippen LogP contribution in [-0.2, 0) is 5.41 Å². The second-order valence-electron chi connectivity index (χ2n) is 11.3. The highest BCUT2D eigenvalue weighted by atomic mass is 14.5. The van der Waals surface area contributed by atoms with E-state index in [2.05, 4.69) is 114 Å². The van der Waals surface area contributed by atoms with Gasteiger partial charge in [0.2, 0.25) is 0 Å². The molecule has 0 saturated carbocycles. The van der Waals surface area contributed by atoms with Crippen LogP contribution in [-0.4, -0.2) is 0 Å². The maximum absolute atomic E-state index is 2.40. The molecule has 0 aliphatic heterocycles. The van der Waals surface area contributed by atoms with Crippen molar-refractivity contribution in [3.05, 3.63) is 106 Å². The fraction of sp³-hybridized carbons (Fsp3) is 0.355. The van der Waals surface area contributed by atoms with Crippen LogP contribution in [0, 0.1) is 10.8 Å². The molecule has 2 aromatic rings. The number of rotatable bonds is 2. The summed E-state index contributed by atoms with van der Waals surface area (Å²) >= 11 is 0. The lowest BCUT2D eigenvalue weighted by atomic mass is 9.61. The van der Waals surface area contributed by atoms with Crippen LogP contribution in [0.1, 0.15) is 65.5 Å². The van der Waals surface area contributed by atoms with Gasteiger partial charge in [-0.2, -0.15) is 0 Å². The number of allylic oxidation sites excluding steroid dienone is 8. The van der Waals surface area contributed by atoms with E-state index in [-0.39, 0.29) is 16.2 Å². The Kier molecular flexibility index (Phi) is 4.39. The van der Waals surface area contributed by atoms with Gasteiger partial charge in [0.25, 0.3) is 0 Å². The lowest BCUT2D eigenvalue weighted by Gasteiger charge is -2.41. The second kappa shape index (κ2) is 6.70. The Balaban J connectivity index is 1.97. The van der Waals surface area contributed by atoms with Gasteiger partial charge in [-0.3, -0.25) is 0 Å². The molecule has 0 fully saturated rings. The molecule has 0 nitrogen and oxygen atoms in total. The zero-order valence-corrected chi connectivity index (χ0v) is 19.8. The van der Waals surface area contributed by atoms with Crippen LogP contribution in [0.4, 0.5) is 0 Å². The first-order valence-electron chi connectivity index (χ1n) is 11.7. The highest BCUT2D eigenvalue weighted by Gasteiger charge is 2.51. The Bertz CT molecular complexity index is 1080. The SMILES string of the molecule is CC(C)(C)C1=C(C2(C3=C(C(C)(C)C)C=CC3)c3ccccc3-c3ccccc32)CC=C1. The predicted octanol–water partition coefficient (Wildman–Crippen LogP) is 8.56. The summed E-state index contributed by atoms with van der Waals surface area (Å²) in [6, 6.07) is 18.3. The van der Waals surface area contributed by atoms with Gasteiger partial charge in [0.1, 0.15) is 0 Å². The minimum atomic E-state index is -0.189. The first kappa shape index (κ1) is 20.3. The number of fused-ring (bicyclic) bond motifs is 3. The molecule has 0 heteroatoms. The molecule has 0 unspecified atom stereocenters. The molecule has 158 valence electrons. The van der Waals surface area contributed by atoms with E-state index in [1.54, 1.807) is 11.1 Å². The van der Waals surface area contributed by atoms with Crippen molar-refractivity contribution in [3.63, 3.8) is 0 Å². The first-order valence-corrected chi connectivity index (χ1v) is 11.7. The standard InChI is InChI=1S/C31H34/c1-29(2,3)25-17-11-19-27(25)31(28-20-12-18-26(28)30(4,5)6)23-15-9-7-13-21(23)22-14-8-10-16-24(22)31/h7-18H,19-20H2,1-6H3. The van der Waals surface area contributed by atoms with Crippen molar-refractivity contribution in [3.8, 4) is 11.1 Å². The van der Waals surface area contributed by atoms with Gasteiger partial charge in [0, 0.05) is 0 Å². The van der Waals surface area contributed by atoms with E-state index in [4.69, 9.17) is 0 Å². The average Bonchev–Trinajstić information content (AvgIpc) is 3.43. The van der Waals surface area contributed by atoms with Crippen molar-refractivity contribution >= 4 is 0 Å². The van der Waals surface area contributed by atoms with Gasteiger partial charge in [-0.1, -0.05) is 114 Å². The minimum Gasteiger partial charge on any atom is -0.0801 e. The van der Waals surface area contributed by atoms with Crippen molar-refractivity contribution in [2.75, 3.05) is 0 Å². The van der Waals surface area contributed by atoms with Crippen molar-refractivity contribution in [1.82, 2.24) is 0 Å². The van der Waals surface area contributed by atoms with Crippen molar-refractivity contribution in [2.45, 2.75) is 59.8 Å². The highest BCUT2D eigenvalue weighted by molar-refractivity contribution is 5.87. The molecule has 0 N–H and O–H groups in total. The Labute approximate surface area is 188 Å². The summed E-state index contributed by atoms with van der Waals surface area (Å²) in [5.74, 6) is 0. The highest BCUT2D eigenvalue weighted by Crippen LogP contribution is 2.62. The van der Waals surface area contributed by atoms with Gasteiger partial charge < -0.3 is 0 Å². The van der Waals surface area contributed by atoms with Gasteiger partial charge in [0.15, 0.2) is 0 Å². The summed E-state index contributed by atoms with van der Waals surface area (Å²) in [5.41, 5.74) is 11.9. The smallest absolute Gasteiger partial charge is 0.0651 e. The van der Waals surface area contributed by atoms with Crippen LogP contribution in [0.15, 0.2) is 95.1 Å². The third-order valence-corrected chi connectivity index (χ3v) is 7.34. The second-order valence-corrected chi connectivity index (χ2v) is 11.3. The number of benzene rings is 2. The third kappa shape index (κ3) is 2.80. The Morgan fingerprint density at radius 1 is 0.581 bits per heavy atom. The normalized spacial score (nSPS) is 19.4. The minimum absolute atomic E-state index is 0.107. The summed E-state index contributed by atoms with van der Waals surface area (Å²) in [5, 5.41) is 0. The summed E-state index contributed by atoms with van der Waals surface area (Å²) in [6.45, 7) is 14.2. The molecule has 0 saturated heterocycles. The summed E-state index contributed by atoms with van der Waals surface area (Å²) in [4.78, 5) is 0. The lowest BCUT2D eigenvalue weighted by Crippen LogP contribution is -2.33. The molecule has 5 rings (SSSR count). The predicted molar refractivity (Wildman–Crippen MR) is 133 cm³/mol. The molecule has 0 heterocycles. The van der Waals surface area contributed by atoms with Crippen LogP contribution in [0.25, 0.3) is 11.1 Å². The van der Waals surface area contributed by atoms with Gasteiger partial charge in [-0.25, -0.2) is 0 Å². The summed E-state index contributed by atoms with van der Waals surface area (Å²) in [6.07, 6.45) is 11.6. The molecule has 31 heavy (non-hydrogen) atoms. The van der Waals surface area contributed by atoms with Gasteiger partial charge in [0.05, 0.1) is 5.41 Å². The van der Waals surface area contributed by atoms with Crippen LogP contribution in [0.5, 0.6) is 0 Å². The summed E-state index contributed by atoms with van der Waals surface area (Å²) < 4.78 is 0. The Morgan fingerprint density at radius 3 is 1.35 bits per heavy atom.